The molecule has 84 valence electrons. The highest BCUT2D eigenvalue weighted by Gasteiger charge is 2.28. The van der Waals surface area contributed by atoms with Gasteiger partial charge < -0.3 is 4.90 Å². The van der Waals surface area contributed by atoms with Crippen LogP contribution in [0.15, 0.2) is 0 Å². The standard InChI is InChI=1S/C13H27N/c1-5-14(12(2)3)11-10-13(4)8-6-7-9-13/h12H,5-11H2,1-4H3. The number of rotatable bonds is 5. The molecule has 0 amide bonds. The van der Waals surface area contributed by atoms with Gasteiger partial charge in [-0.3, -0.25) is 0 Å². The number of hydrogen-bond donors (Lipinski definition) is 0. The fourth-order valence-corrected chi connectivity index (χ4v) is 2.67. The first-order valence-electron chi connectivity index (χ1n) is 6.31. The Balaban J connectivity index is 2.30. The van der Waals surface area contributed by atoms with Gasteiger partial charge in [0.15, 0.2) is 0 Å². The van der Waals surface area contributed by atoms with E-state index in [1.165, 1.54) is 45.2 Å². The van der Waals surface area contributed by atoms with Crippen molar-refractivity contribution in [1.82, 2.24) is 4.90 Å². The third kappa shape index (κ3) is 3.27. The predicted molar refractivity (Wildman–Crippen MR) is 63.6 cm³/mol. The van der Waals surface area contributed by atoms with Gasteiger partial charge in [-0.1, -0.05) is 26.7 Å². The van der Waals surface area contributed by atoms with Gasteiger partial charge in [0.1, 0.15) is 0 Å². The van der Waals surface area contributed by atoms with Crippen molar-refractivity contribution in [3.05, 3.63) is 0 Å². The summed E-state index contributed by atoms with van der Waals surface area (Å²) in [5, 5.41) is 0. The monoisotopic (exact) mass is 197 g/mol. The molecule has 0 N–H and O–H groups in total. The Kier molecular flexibility index (Phi) is 4.43. The van der Waals surface area contributed by atoms with Gasteiger partial charge in [-0.25, -0.2) is 0 Å². The summed E-state index contributed by atoms with van der Waals surface area (Å²) < 4.78 is 0. The van der Waals surface area contributed by atoms with Crippen LogP contribution in [0.25, 0.3) is 0 Å². The highest BCUT2D eigenvalue weighted by Crippen LogP contribution is 2.40. The Morgan fingerprint density at radius 3 is 2.21 bits per heavy atom. The lowest BCUT2D eigenvalue weighted by atomic mass is 9.85. The van der Waals surface area contributed by atoms with Crippen molar-refractivity contribution >= 4 is 0 Å². The Bertz CT molecular complexity index is 157. The zero-order chi connectivity index (χ0) is 10.6. The highest BCUT2D eigenvalue weighted by molar-refractivity contribution is 4.81. The molecule has 1 rings (SSSR count). The van der Waals surface area contributed by atoms with Gasteiger partial charge in [0, 0.05) is 6.04 Å². The minimum absolute atomic E-state index is 0.669. The predicted octanol–water partition coefficient (Wildman–Crippen LogP) is 3.69. The molecule has 0 spiro atoms. The molecule has 1 nitrogen and oxygen atoms in total. The van der Waals surface area contributed by atoms with Crippen molar-refractivity contribution in [2.75, 3.05) is 13.1 Å². The summed E-state index contributed by atoms with van der Waals surface area (Å²) in [5.41, 5.74) is 0.669. The van der Waals surface area contributed by atoms with E-state index in [2.05, 4.69) is 32.6 Å². The molecule has 1 saturated carbocycles. The van der Waals surface area contributed by atoms with E-state index in [9.17, 15) is 0 Å². The van der Waals surface area contributed by atoms with E-state index in [-0.39, 0.29) is 0 Å². The van der Waals surface area contributed by atoms with Gasteiger partial charge in [0.25, 0.3) is 0 Å². The average molecular weight is 197 g/mol. The van der Waals surface area contributed by atoms with Crippen LogP contribution >= 0.6 is 0 Å². The molecule has 1 fully saturated rings. The molecule has 0 saturated heterocycles. The van der Waals surface area contributed by atoms with Gasteiger partial charge in [-0.2, -0.15) is 0 Å². The second-order valence-corrected chi connectivity index (χ2v) is 5.49. The van der Waals surface area contributed by atoms with Crippen LogP contribution in [-0.4, -0.2) is 24.0 Å². The number of nitrogens with zero attached hydrogens (tertiary/aromatic N) is 1. The topological polar surface area (TPSA) is 3.24 Å². The van der Waals surface area contributed by atoms with E-state index >= 15 is 0 Å². The van der Waals surface area contributed by atoms with E-state index in [0.717, 1.165) is 0 Å². The first-order valence-corrected chi connectivity index (χ1v) is 6.31. The fraction of sp³-hybridized carbons (Fsp3) is 1.00. The van der Waals surface area contributed by atoms with E-state index in [1.54, 1.807) is 0 Å². The van der Waals surface area contributed by atoms with E-state index in [4.69, 9.17) is 0 Å². The maximum absolute atomic E-state index is 2.59. The van der Waals surface area contributed by atoms with Crippen molar-refractivity contribution in [1.29, 1.82) is 0 Å². The fourth-order valence-electron chi connectivity index (χ4n) is 2.67. The second-order valence-electron chi connectivity index (χ2n) is 5.49. The van der Waals surface area contributed by atoms with Crippen LogP contribution in [0.1, 0.15) is 59.8 Å². The molecule has 0 heterocycles. The number of hydrogen-bond acceptors (Lipinski definition) is 1. The van der Waals surface area contributed by atoms with Crippen LogP contribution in [-0.2, 0) is 0 Å². The third-order valence-corrected chi connectivity index (χ3v) is 3.95. The van der Waals surface area contributed by atoms with Gasteiger partial charge in [0.2, 0.25) is 0 Å². The first kappa shape index (κ1) is 12.0. The van der Waals surface area contributed by atoms with Gasteiger partial charge in [-0.05, 0) is 51.6 Å². The van der Waals surface area contributed by atoms with Crippen LogP contribution in [0.5, 0.6) is 0 Å². The average Bonchev–Trinajstić information content (AvgIpc) is 2.53. The van der Waals surface area contributed by atoms with Gasteiger partial charge >= 0.3 is 0 Å². The highest BCUT2D eigenvalue weighted by atomic mass is 15.1. The van der Waals surface area contributed by atoms with Crippen molar-refractivity contribution in [2.24, 2.45) is 5.41 Å². The van der Waals surface area contributed by atoms with Crippen LogP contribution in [0, 0.1) is 5.41 Å². The lowest BCUT2D eigenvalue weighted by Crippen LogP contribution is -2.33. The SMILES string of the molecule is CCN(CCC1(C)CCCC1)C(C)C. The molecule has 0 aromatic heterocycles. The lowest BCUT2D eigenvalue weighted by Gasteiger charge is -2.30. The largest absolute Gasteiger partial charge is 0.301 e. The zero-order valence-electron chi connectivity index (χ0n) is 10.5. The summed E-state index contributed by atoms with van der Waals surface area (Å²) in [5.74, 6) is 0. The Hall–Kier alpha value is -0.0400. The van der Waals surface area contributed by atoms with Gasteiger partial charge in [-0.15, -0.1) is 0 Å². The molecule has 0 aliphatic heterocycles. The first-order chi connectivity index (χ1) is 6.57. The maximum atomic E-state index is 2.59. The molecule has 0 aromatic carbocycles. The molecular formula is C13H27N. The van der Waals surface area contributed by atoms with Crippen molar-refractivity contribution in [3.63, 3.8) is 0 Å². The van der Waals surface area contributed by atoms with Crippen LogP contribution in [0.4, 0.5) is 0 Å². The van der Waals surface area contributed by atoms with Crippen molar-refractivity contribution in [3.8, 4) is 0 Å². The molecule has 0 radical (unpaired) electrons. The minimum Gasteiger partial charge on any atom is -0.301 e. The summed E-state index contributed by atoms with van der Waals surface area (Å²) in [6.45, 7) is 11.9. The molecule has 0 aromatic rings. The lowest BCUT2D eigenvalue weighted by molar-refractivity contribution is 0.183. The molecule has 14 heavy (non-hydrogen) atoms. The van der Waals surface area contributed by atoms with Crippen molar-refractivity contribution < 1.29 is 0 Å². The summed E-state index contributed by atoms with van der Waals surface area (Å²) >= 11 is 0. The zero-order valence-corrected chi connectivity index (χ0v) is 10.5. The Morgan fingerprint density at radius 2 is 1.79 bits per heavy atom. The third-order valence-electron chi connectivity index (χ3n) is 3.95. The van der Waals surface area contributed by atoms with Gasteiger partial charge in [0.05, 0.1) is 0 Å². The van der Waals surface area contributed by atoms with E-state index in [1.807, 2.05) is 0 Å². The van der Waals surface area contributed by atoms with Crippen LogP contribution < -0.4 is 0 Å². The summed E-state index contributed by atoms with van der Waals surface area (Å²) in [4.78, 5) is 2.59. The van der Waals surface area contributed by atoms with Crippen LogP contribution in [0.2, 0.25) is 0 Å². The van der Waals surface area contributed by atoms with Crippen molar-refractivity contribution in [2.45, 2.75) is 65.8 Å². The molecular weight excluding hydrogens is 170 g/mol. The molecule has 1 aliphatic rings. The quantitative estimate of drug-likeness (QED) is 0.650. The molecule has 0 bridgehead atoms. The maximum Gasteiger partial charge on any atom is 0.00384 e. The molecule has 0 atom stereocenters. The summed E-state index contributed by atoms with van der Waals surface area (Å²) in [7, 11) is 0. The normalized spacial score (nSPS) is 21.0. The summed E-state index contributed by atoms with van der Waals surface area (Å²) in [6, 6.07) is 0.713. The minimum atomic E-state index is 0.669. The Labute approximate surface area is 89.9 Å². The van der Waals surface area contributed by atoms with E-state index < -0.39 is 0 Å². The van der Waals surface area contributed by atoms with E-state index in [0.29, 0.717) is 11.5 Å². The Morgan fingerprint density at radius 1 is 1.21 bits per heavy atom. The second kappa shape index (κ2) is 5.16. The smallest absolute Gasteiger partial charge is 0.00384 e. The molecule has 1 heteroatoms. The molecule has 0 unspecified atom stereocenters. The summed E-state index contributed by atoms with van der Waals surface area (Å²) in [6.07, 6.45) is 7.25. The van der Waals surface area contributed by atoms with Crippen LogP contribution in [0.3, 0.4) is 0 Å². The molecule has 1 aliphatic carbocycles.